The lowest BCUT2D eigenvalue weighted by Gasteiger charge is -2.20. The highest BCUT2D eigenvalue weighted by Gasteiger charge is 2.22. The Morgan fingerprint density at radius 1 is 1.23 bits per heavy atom. The van der Waals surface area contributed by atoms with E-state index in [4.69, 9.17) is 14.4 Å². The van der Waals surface area contributed by atoms with E-state index >= 15 is 0 Å². The van der Waals surface area contributed by atoms with Gasteiger partial charge in [0.15, 0.2) is 0 Å². The second-order valence-corrected chi connectivity index (χ2v) is 7.65. The zero-order valence-electron chi connectivity index (χ0n) is 17.6. The Balaban J connectivity index is 1.69. The van der Waals surface area contributed by atoms with E-state index in [2.05, 4.69) is 27.3 Å². The normalized spacial score (nSPS) is 14.5. The van der Waals surface area contributed by atoms with Crippen LogP contribution in [0.2, 0.25) is 0 Å². The number of benzene rings is 2. The Morgan fingerprint density at radius 3 is 2.84 bits per heavy atom. The molecule has 0 radical (unpaired) electrons. The van der Waals surface area contributed by atoms with Gasteiger partial charge in [-0.25, -0.2) is 0 Å². The number of nitriles is 1. The number of rotatable bonds is 6. The number of aliphatic hydroxyl groups excluding tert-OH is 1. The number of aliphatic hydroxyl groups is 1. The molecule has 158 valence electrons. The first-order valence-corrected chi connectivity index (χ1v) is 10.4. The molecular formula is C24H24N4O3. The lowest BCUT2D eigenvalue weighted by Crippen LogP contribution is -2.14. The lowest BCUT2D eigenvalue weighted by molar-refractivity contribution is 0.241. The van der Waals surface area contributed by atoms with Gasteiger partial charge >= 0.3 is 0 Å². The molecule has 0 atom stereocenters. The molecule has 1 N–H and O–H groups in total. The van der Waals surface area contributed by atoms with E-state index in [1.54, 1.807) is 12.1 Å². The van der Waals surface area contributed by atoms with Crippen molar-refractivity contribution in [2.45, 2.75) is 39.2 Å². The van der Waals surface area contributed by atoms with Crippen molar-refractivity contribution in [1.29, 1.82) is 5.26 Å². The standard InChI is InChI=1S/C24H24N4O3/c1-15(2)30-22-10-9-16(13-17(22)14-25)24-27-23(28-31-24)20-7-3-6-19-18(20)5-4-8-21(19)26-11-12-29/h3,6-7,9-10,13,15,29H,4-5,8,11-12H2,1-2H3. The van der Waals surface area contributed by atoms with E-state index in [-0.39, 0.29) is 12.7 Å². The first kappa shape index (κ1) is 20.8. The first-order valence-electron chi connectivity index (χ1n) is 10.4. The van der Waals surface area contributed by atoms with Gasteiger partial charge < -0.3 is 14.4 Å². The monoisotopic (exact) mass is 416 g/mol. The Morgan fingerprint density at radius 2 is 2.06 bits per heavy atom. The minimum absolute atomic E-state index is 0.0250. The van der Waals surface area contributed by atoms with E-state index in [1.807, 2.05) is 32.0 Å². The highest BCUT2D eigenvalue weighted by Crippen LogP contribution is 2.32. The van der Waals surface area contributed by atoms with Crippen LogP contribution in [0.15, 0.2) is 45.9 Å². The number of fused-ring (bicyclic) bond motifs is 1. The Hall–Kier alpha value is -3.50. The molecule has 0 unspecified atom stereocenters. The van der Waals surface area contributed by atoms with Crippen LogP contribution in [0.5, 0.6) is 5.75 Å². The number of nitrogens with zero attached hydrogens (tertiary/aromatic N) is 4. The minimum Gasteiger partial charge on any atom is -0.490 e. The van der Waals surface area contributed by atoms with Crippen LogP contribution in [0.4, 0.5) is 0 Å². The lowest BCUT2D eigenvalue weighted by atomic mass is 9.86. The molecule has 2 aromatic carbocycles. The molecule has 7 heteroatoms. The van der Waals surface area contributed by atoms with Crippen LogP contribution in [0.25, 0.3) is 22.8 Å². The summed E-state index contributed by atoms with van der Waals surface area (Å²) in [6.07, 6.45) is 2.77. The van der Waals surface area contributed by atoms with Gasteiger partial charge in [0.1, 0.15) is 11.8 Å². The average molecular weight is 416 g/mol. The SMILES string of the molecule is CC(C)Oc1ccc(-c2nc(-c3cccc4c3CCCC4=NCCO)no2)cc1C#N. The Kier molecular flexibility index (Phi) is 6.10. The average Bonchev–Trinajstić information content (AvgIpc) is 3.27. The van der Waals surface area contributed by atoms with Gasteiger partial charge in [-0.15, -0.1) is 0 Å². The molecule has 3 aromatic rings. The molecule has 0 spiro atoms. The van der Waals surface area contributed by atoms with Gasteiger partial charge in [-0.2, -0.15) is 10.2 Å². The van der Waals surface area contributed by atoms with Crippen LogP contribution in [-0.4, -0.2) is 40.2 Å². The molecule has 1 heterocycles. The van der Waals surface area contributed by atoms with E-state index in [1.165, 1.54) is 0 Å². The quantitative estimate of drug-likeness (QED) is 0.646. The molecule has 31 heavy (non-hydrogen) atoms. The number of aliphatic imine (C=N–C) groups is 1. The van der Waals surface area contributed by atoms with Gasteiger partial charge in [0.05, 0.1) is 24.8 Å². The first-order chi connectivity index (χ1) is 15.1. The van der Waals surface area contributed by atoms with Crippen LogP contribution in [0.3, 0.4) is 0 Å². The summed E-state index contributed by atoms with van der Waals surface area (Å²) in [7, 11) is 0. The maximum absolute atomic E-state index is 9.48. The Labute approximate surface area is 181 Å². The molecule has 4 rings (SSSR count). The van der Waals surface area contributed by atoms with E-state index in [0.717, 1.165) is 41.7 Å². The van der Waals surface area contributed by atoms with Crippen LogP contribution in [0.1, 0.15) is 43.4 Å². The van der Waals surface area contributed by atoms with Crippen LogP contribution in [0, 0.1) is 11.3 Å². The molecule has 1 aromatic heterocycles. The molecule has 7 nitrogen and oxygen atoms in total. The topological polar surface area (TPSA) is 105 Å². The second kappa shape index (κ2) is 9.11. The third kappa shape index (κ3) is 4.35. The van der Waals surface area contributed by atoms with Crippen molar-refractivity contribution in [2.24, 2.45) is 4.99 Å². The molecule has 0 saturated carbocycles. The van der Waals surface area contributed by atoms with Crippen LogP contribution < -0.4 is 4.74 Å². The number of hydrogen-bond acceptors (Lipinski definition) is 7. The predicted octanol–water partition coefficient (Wildman–Crippen LogP) is 4.18. The molecule has 0 saturated heterocycles. The number of aromatic nitrogens is 2. The molecule has 1 aliphatic carbocycles. The maximum atomic E-state index is 9.48. The summed E-state index contributed by atoms with van der Waals surface area (Å²) >= 11 is 0. The fourth-order valence-corrected chi connectivity index (χ4v) is 3.81. The minimum atomic E-state index is -0.0250. The van der Waals surface area contributed by atoms with Crippen molar-refractivity contribution in [1.82, 2.24) is 10.1 Å². The van der Waals surface area contributed by atoms with Crippen molar-refractivity contribution < 1.29 is 14.4 Å². The summed E-state index contributed by atoms with van der Waals surface area (Å²) in [5.41, 5.74) is 5.26. The zero-order valence-corrected chi connectivity index (χ0v) is 17.6. The fraction of sp³-hybridized carbons (Fsp3) is 0.333. The van der Waals surface area contributed by atoms with Gasteiger partial charge in [0, 0.05) is 16.8 Å². The molecule has 0 fully saturated rings. The maximum Gasteiger partial charge on any atom is 0.258 e. The summed E-state index contributed by atoms with van der Waals surface area (Å²) in [4.78, 5) is 9.14. The third-order valence-electron chi connectivity index (χ3n) is 5.11. The molecule has 0 amide bonds. The molecule has 0 aliphatic heterocycles. The summed E-state index contributed by atoms with van der Waals surface area (Å²) in [5.74, 6) is 1.40. The van der Waals surface area contributed by atoms with Crippen LogP contribution in [-0.2, 0) is 6.42 Å². The van der Waals surface area contributed by atoms with Gasteiger partial charge in [-0.05, 0) is 62.4 Å². The summed E-state index contributed by atoms with van der Waals surface area (Å²) < 4.78 is 11.2. The van der Waals surface area contributed by atoms with Crippen molar-refractivity contribution in [3.63, 3.8) is 0 Å². The van der Waals surface area contributed by atoms with Crippen molar-refractivity contribution in [3.05, 3.63) is 53.1 Å². The Bertz CT molecular complexity index is 1160. The summed E-state index contributed by atoms with van der Waals surface area (Å²) in [5, 5.41) is 22.8. The third-order valence-corrected chi connectivity index (χ3v) is 5.11. The van der Waals surface area contributed by atoms with Gasteiger partial charge in [-0.1, -0.05) is 23.4 Å². The van der Waals surface area contributed by atoms with Gasteiger partial charge in [-0.3, -0.25) is 4.99 Å². The highest BCUT2D eigenvalue weighted by molar-refractivity contribution is 6.04. The molecular weight excluding hydrogens is 392 g/mol. The van der Waals surface area contributed by atoms with Gasteiger partial charge in [0.2, 0.25) is 5.82 Å². The number of ether oxygens (including phenoxy) is 1. The van der Waals surface area contributed by atoms with Gasteiger partial charge in [0.25, 0.3) is 5.89 Å². The zero-order chi connectivity index (χ0) is 21.8. The van der Waals surface area contributed by atoms with E-state index in [0.29, 0.717) is 35.1 Å². The van der Waals surface area contributed by atoms with Crippen molar-refractivity contribution in [3.8, 4) is 34.7 Å². The molecule has 0 bridgehead atoms. The summed E-state index contributed by atoms with van der Waals surface area (Å²) in [6, 6.07) is 13.5. The largest absolute Gasteiger partial charge is 0.490 e. The molecule has 1 aliphatic rings. The predicted molar refractivity (Wildman–Crippen MR) is 117 cm³/mol. The highest BCUT2D eigenvalue weighted by atomic mass is 16.5. The van der Waals surface area contributed by atoms with Crippen LogP contribution >= 0.6 is 0 Å². The van der Waals surface area contributed by atoms with E-state index < -0.39 is 0 Å². The second-order valence-electron chi connectivity index (χ2n) is 7.65. The van der Waals surface area contributed by atoms with Crippen molar-refractivity contribution >= 4 is 5.71 Å². The summed E-state index contributed by atoms with van der Waals surface area (Å²) in [6.45, 7) is 4.28. The smallest absolute Gasteiger partial charge is 0.258 e. The fourth-order valence-electron chi connectivity index (χ4n) is 3.81. The van der Waals surface area contributed by atoms with E-state index in [9.17, 15) is 5.26 Å². The number of hydrogen-bond donors (Lipinski definition) is 1. The van der Waals surface area contributed by atoms with Crippen molar-refractivity contribution in [2.75, 3.05) is 13.2 Å².